The maximum absolute atomic E-state index is 13.7. The first-order valence-corrected chi connectivity index (χ1v) is 5.92. The second-order valence-electron chi connectivity index (χ2n) is 4.29. The van der Waals surface area contributed by atoms with Crippen molar-refractivity contribution in [1.29, 1.82) is 0 Å². The topological polar surface area (TPSA) is 64.4 Å². The Kier molecular flexibility index (Phi) is 4.22. The summed E-state index contributed by atoms with van der Waals surface area (Å²) in [6, 6.07) is 4.14. The molecule has 0 aromatic heterocycles. The van der Waals surface area contributed by atoms with Crippen molar-refractivity contribution in [2.45, 2.75) is 25.6 Å². The largest absolute Gasteiger partial charge is 0.372 e. The molecule has 18 heavy (non-hydrogen) atoms. The molecule has 1 aliphatic heterocycles. The molecule has 0 spiro atoms. The van der Waals surface area contributed by atoms with Gasteiger partial charge < -0.3 is 10.1 Å². The fourth-order valence-corrected chi connectivity index (χ4v) is 1.99. The van der Waals surface area contributed by atoms with Gasteiger partial charge in [0.05, 0.1) is 17.6 Å². The lowest BCUT2D eigenvalue weighted by molar-refractivity contribution is -0.387. The highest BCUT2D eigenvalue weighted by molar-refractivity contribution is 5.36. The first-order valence-electron chi connectivity index (χ1n) is 5.92. The monoisotopic (exact) mass is 254 g/mol. The van der Waals surface area contributed by atoms with Crippen molar-refractivity contribution >= 4 is 5.69 Å². The van der Waals surface area contributed by atoms with Crippen molar-refractivity contribution in [3.63, 3.8) is 0 Å². The molecule has 0 amide bonds. The van der Waals surface area contributed by atoms with Gasteiger partial charge in [-0.2, -0.15) is 4.39 Å². The van der Waals surface area contributed by atoms with E-state index in [9.17, 15) is 14.5 Å². The van der Waals surface area contributed by atoms with Crippen molar-refractivity contribution in [1.82, 2.24) is 5.32 Å². The summed E-state index contributed by atoms with van der Waals surface area (Å²) >= 11 is 0. The van der Waals surface area contributed by atoms with E-state index in [0.29, 0.717) is 0 Å². The van der Waals surface area contributed by atoms with Crippen molar-refractivity contribution in [2.24, 2.45) is 0 Å². The van der Waals surface area contributed by atoms with E-state index in [0.717, 1.165) is 32.0 Å². The van der Waals surface area contributed by atoms with Gasteiger partial charge in [-0.05, 0) is 19.4 Å². The minimum absolute atomic E-state index is 0.0532. The Morgan fingerprint density at radius 1 is 1.56 bits per heavy atom. The zero-order valence-corrected chi connectivity index (χ0v) is 9.89. The molecule has 0 unspecified atom stereocenters. The highest BCUT2D eigenvalue weighted by Crippen LogP contribution is 2.21. The van der Waals surface area contributed by atoms with Gasteiger partial charge in [-0.3, -0.25) is 10.1 Å². The number of hydrogen-bond acceptors (Lipinski definition) is 4. The van der Waals surface area contributed by atoms with E-state index in [1.54, 1.807) is 0 Å². The number of rotatable bonds is 4. The summed E-state index contributed by atoms with van der Waals surface area (Å²) in [5.41, 5.74) is -0.271. The summed E-state index contributed by atoms with van der Waals surface area (Å²) in [5, 5.41) is 13.8. The Morgan fingerprint density at radius 2 is 2.39 bits per heavy atom. The molecule has 1 aromatic carbocycles. The average Bonchev–Trinajstić information content (AvgIpc) is 2.38. The molecule has 0 radical (unpaired) electrons. The lowest BCUT2D eigenvalue weighted by Gasteiger charge is -2.23. The lowest BCUT2D eigenvalue weighted by atomic mass is 10.1. The first kappa shape index (κ1) is 12.9. The molecule has 0 bridgehead atoms. The second kappa shape index (κ2) is 5.88. The lowest BCUT2D eigenvalue weighted by Crippen LogP contribution is -2.35. The third kappa shape index (κ3) is 3.02. The third-order valence-electron chi connectivity index (χ3n) is 2.98. The SMILES string of the molecule is O=[N+]([O-])c1cccc(CO[C@H]2CCCNC2)c1F. The molecule has 1 fully saturated rings. The van der Waals surface area contributed by atoms with E-state index in [2.05, 4.69) is 5.32 Å². The standard InChI is InChI=1S/C12H15FN2O3/c13-12-9(3-1-5-11(12)15(16)17)8-18-10-4-2-6-14-7-10/h1,3,5,10,14H,2,4,6-8H2/t10-/m0/s1. The Balaban J connectivity index is 2.00. The van der Waals surface area contributed by atoms with E-state index in [4.69, 9.17) is 4.74 Å². The molecule has 0 aliphatic carbocycles. The van der Waals surface area contributed by atoms with E-state index in [1.165, 1.54) is 12.1 Å². The molecule has 2 rings (SSSR count). The molecular weight excluding hydrogens is 239 g/mol. The van der Waals surface area contributed by atoms with Gasteiger partial charge >= 0.3 is 5.69 Å². The van der Waals surface area contributed by atoms with Gasteiger partial charge in [0.25, 0.3) is 0 Å². The Labute approximate surface area is 104 Å². The highest BCUT2D eigenvalue weighted by atomic mass is 19.1. The van der Waals surface area contributed by atoms with E-state index >= 15 is 0 Å². The highest BCUT2D eigenvalue weighted by Gasteiger charge is 2.19. The normalized spacial score (nSPS) is 19.7. The number of nitrogens with zero attached hydrogens (tertiary/aromatic N) is 1. The summed E-state index contributed by atoms with van der Waals surface area (Å²) < 4.78 is 19.3. The van der Waals surface area contributed by atoms with Crippen LogP contribution in [0.1, 0.15) is 18.4 Å². The minimum Gasteiger partial charge on any atom is -0.372 e. The quantitative estimate of drug-likeness (QED) is 0.659. The molecular formula is C12H15FN2O3. The van der Waals surface area contributed by atoms with E-state index in [1.807, 2.05) is 0 Å². The molecule has 5 nitrogen and oxygen atoms in total. The van der Waals surface area contributed by atoms with Crippen molar-refractivity contribution in [3.8, 4) is 0 Å². The van der Waals surface area contributed by atoms with Crippen LogP contribution in [0.5, 0.6) is 0 Å². The van der Waals surface area contributed by atoms with Crippen LogP contribution in [0.15, 0.2) is 18.2 Å². The fourth-order valence-electron chi connectivity index (χ4n) is 1.99. The van der Waals surface area contributed by atoms with Crippen LogP contribution in [0.4, 0.5) is 10.1 Å². The van der Waals surface area contributed by atoms with Crippen LogP contribution in [-0.4, -0.2) is 24.1 Å². The van der Waals surface area contributed by atoms with Gasteiger partial charge in [-0.25, -0.2) is 0 Å². The van der Waals surface area contributed by atoms with Gasteiger partial charge in [0.2, 0.25) is 5.82 Å². The molecule has 1 heterocycles. The van der Waals surface area contributed by atoms with Crippen LogP contribution in [-0.2, 0) is 11.3 Å². The van der Waals surface area contributed by atoms with Crippen molar-refractivity contribution in [3.05, 3.63) is 39.7 Å². The maximum atomic E-state index is 13.7. The summed E-state index contributed by atoms with van der Waals surface area (Å²) in [5.74, 6) is -0.800. The summed E-state index contributed by atoms with van der Waals surface area (Å²) in [6.07, 6.45) is 2.02. The Hall–Kier alpha value is -1.53. The first-order chi connectivity index (χ1) is 8.68. The van der Waals surface area contributed by atoms with Crippen LogP contribution < -0.4 is 5.32 Å². The Bertz CT molecular complexity index is 433. The zero-order valence-electron chi connectivity index (χ0n) is 9.89. The summed E-state index contributed by atoms with van der Waals surface area (Å²) in [4.78, 5) is 9.87. The molecule has 0 saturated carbocycles. The number of nitro groups is 1. The predicted octanol–water partition coefficient (Wildman–Crippen LogP) is 2.00. The van der Waals surface area contributed by atoms with Gasteiger partial charge in [-0.1, -0.05) is 12.1 Å². The van der Waals surface area contributed by atoms with Gasteiger partial charge in [0, 0.05) is 18.2 Å². The van der Waals surface area contributed by atoms with E-state index < -0.39 is 16.4 Å². The number of hydrogen-bond donors (Lipinski definition) is 1. The van der Waals surface area contributed by atoms with Gasteiger partial charge in [-0.15, -0.1) is 0 Å². The molecule has 1 aromatic rings. The van der Waals surface area contributed by atoms with Crippen molar-refractivity contribution in [2.75, 3.05) is 13.1 Å². The van der Waals surface area contributed by atoms with Crippen LogP contribution >= 0.6 is 0 Å². The second-order valence-corrected chi connectivity index (χ2v) is 4.29. The smallest absolute Gasteiger partial charge is 0.305 e. The molecule has 1 N–H and O–H groups in total. The fraction of sp³-hybridized carbons (Fsp3) is 0.500. The van der Waals surface area contributed by atoms with E-state index in [-0.39, 0.29) is 18.3 Å². The number of benzene rings is 1. The summed E-state index contributed by atoms with van der Waals surface area (Å²) in [7, 11) is 0. The number of piperidine rings is 1. The zero-order chi connectivity index (χ0) is 13.0. The Morgan fingerprint density at radius 3 is 3.06 bits per heavy atom. The summed E-state index contributed by atoms with van der Waals surface area (Å²) in [6.45, 7) is 1.79. The van der Waals surface area contributed by atoms with Crippen LogP contribution in [0.2, 0.25) is 0 Å². The van der Waals surface area contributed by atoms with Crippen LogP contribution in [0, 0.1) is 15.9 Å². The van der Waals surface area contributed by atoms with Gasteiger partial charge in [0.15, 0.2) is 0 Å². The van der Waals surface area contributed by atoms with Gasteiger partial charge in [0.1, 0.15) is 0 Å². The van der Waals surface area contributed by atoms with Crippen molar-refractivity contribution < 1.29 is 14.1 Å². The maximum Gasteiger partial charge on any atom is 0.305 e. The molecule has 98 valence electrons. The third-order valence-corrected chi connectivity index (χ3v) is 2.98. The minimum atomic E-state index is -0.800. The molecule has 6 heteroatoms. The average molecular weight is 254 g/mol. The molecule has 1 aliphatic rings. The number of halogens is 1. The molecule has 1 saturated heterocycles. The van der Waals surface area contributed by atoms with Crippen LogP contribution in [0.3, 0.4) is 0 Å². The number of nitro benzene ring substituents is 1. The van der Waals surface area contributed by atoms with Crippen LogP contribution in [0.25, 0.3) is 0 Å². The number of ether oxygens (including phenoxy) is 1. The predicted molar refractivity (Wildman–Crippen MR) is 63.7 cm³/mol. The number of nitrogens with one attached hydrogen (secondary N) is 1. The molecule has 1 atom stereocenters.